The van der Waals surface area contributed by atoms with Crippen molar-refractivity contribution >= 4 is 23.3 Å². The summed E-state index contributed by atoms with van der Waals surface area (Å²) < 4.78 is 2.18. The fourth-order valence-electron chi connectivity index (χ4n) is 3.01. The molecule has 4 nitrogen and oxygen atoms in total. The summed E-state index contributed by atoms with van der Waals surface area (Å²) in [5.74, 6) is 0. The predicted octanol–water partition coefficient (Wildman–Crippen LogP) is 2.44. The maximum absolute atomic E-state index is 6.11. The van der Waals surface area contributed by atoms with E-state index < -0.39 is 0 Å². The van der Waals surface area contributed by atoms with E-state index in [4.69, 9.17) is 5.73 Å². The Kier molecular flexibility index (Phi) is 4.37. The normalized spacial score (nSPS) is 20.2. The van der Waals surface area contributed by atoms with Crippen LogP contribution in [0.25, 0.3) is 10.9 Å². The largest absolute Gasteiger partial charge is 0.324 e. The average Bonchev–Trinajstić information content (AvgIpc) is 2.92. The molecule has 2 aromatic rings. The number of hydrogen-bond donors (Lipinski definition) is 1. The van der Waals surface area contributed by atoms with Crippen molar-refractivity contribution in [2.24, 2.45) is 5.73 Å². The number of fused-ring (bicyclic) bond motifs is 1. The van der Waals surface area contributed by atoms with Crippen LogP contribution < -0.4 is 5.73 Å². The SMILES string of the molecule is CC(C)(N)CN1CCC(n2ncc3ccccc32)C1.Cl. The summed E-state index contributed by atoms with van der Waals surface area (Å²) in [5.41, 5.74) is 7.22. The summed E-state index contributed by atoms with van der Waals surface area (Å²) in [6.45, 7) is 7.28. The predicted molar refractivity (Wildman–Crippen MR) is 85.3 cm³/mol. The molecule has 1 aliphatic heterocycles. The highest BCUT2D eigenvalue weighted by Crippen LogP contribution is 2.26. The zero-order chi connectivity index (χ0) is 13.5. The Morgan fingerprint density at radius 2 is 2.10 bits per heavy atom. The van der Waals surface area contributed by atoms with Crippen LogP contribution in [0.15, 0.2) is 30.5 Å². The molecule has 1 aromatic carbocycles. The smallest absolute Gasteiger partial charge is 0.0686 e. The summed E-state index contributed by atoms with van der Waals surface area (Å²) in [6.07, 6.45) is 3.12. The highest BCUT2D eigenvalue weighted by Gasteiger charge is 2.28. The number of para-hydroxylation sites is 1. The number of nitrogens with two attached hydrogens (primary N) is 1. The molecule has 1 aliphatic rings. The molecule has 0 bridgehead atoms. The van der Waals surface area contributed by atoms with Crippen LogP contribution in [-0.4, -0.2) is 39.9 Å². The number of halogens is 1. The van der Waals surface area contributed by atoms with Gasteiger partial charge in [0, 0.05) is 30.6 Å². The third kappa shape index (κ3) is 3.14. The first-order chi connectivity index (χ1) is 9.03. The van der Waals surface area contributed by atoms with Gasteiger partial charge in [0.15, 0.2) is 0 Å². The zero-order valence-electron chi connectivity index (χ0n) is 12.1. The first kappa shape index (κ1) is 15.3. The van der Waals surface area contributed by atoms with Crippen molar-refractivity contribution in [1.82, 2.24) is 14.7 Å². The molecule has 5 heteroatoms. The van der Waals surface area contributed by atoms with Gasteiger partial charge in [-0.25, -0.2) is 0 Å². The molecule has 1 aromatic heterocycles. The van der Waals surface area contributed by atoms with Crippen LogP contribution >= 0.6 is 12.4 Å². The van der Waals surface area contributed by atoms with E-state index in [0.29, 0.717) is 6.04 Å². The van der Waals surface area contributed by atoms with Gasteiger partial charge in [0.25, 0.3) is 0 Å². The van der Waals surface area contributed by atoms with Crippen LogP contribution in [0.5, 0.6) is 0 Å². The van der Waals surface area contributed by atoms with Gasteiger partial charge in [0.05, 0.1) is 17.8 Å². The van der Waals surface area contributed by atoms with Crippen molar-refractivity contribution in [2.45, 2.75) is 31.8 Å². The highest BCUT2D eigenvalue weighted by atomic mass is 35.5. The Bertz CT molecular complexity index is 573. The highest BCUT2D eigenvalue weighted by molar-refractivity contribution is 5.85. The summed E-state index contributed by atoms with van der Waals surface area (Å²) in [6, 6.07) is 8.89. The lowest BCUT2D eigenvalue weighted by Gasteiger charge is -2.26. The van der Waals surface area contributed by atoms with Crippen molar-refractivity contribution < 1.29 is 0 Å². The molecule has 1 unspecified atom stereocenters. The lowest BCUT2D eigenvalue weighted by Crippen LogP contribution is -2.44. The Morgan fingerprint density at radius 1 is 1.35 bits per heavy atom. The van der Waals surface area contributed by atoms with E-state index in [1.165, 1.54) is 10.9 Å². The first-order valence-electron chi connectivity index (χ1n) is 6.96. The van der Waals surface area contributed by atoms with Gasteiger partial charge in [-0.2, -0.15) is 5.10 Å². The van der Waals surface area contributed by atoms with Gasteiger partial charge in [0.1, 0.15) is 0 Å². The minimum absolute atomic E-state index is 0. The molecule has 20 heavy (non-hydrogen) atoms. The summed E-state index contributed by atoms with van der Waals surface area (Å²) in [4.78, 5) is 2.45. The Morgan fingerprint density at radius 3 is 2.85 bits per heavy atom. The summed E-state index contributed by atoms with van der Waals surface area (Å²) in [5, 5.41) is 5.79. The lowest BCUT2D eigenvalue weighted by molar-refractivity contribution is 0.261. The molecule has 2 heterocycles. The third-order valence-corrected chi connectivity index (χ3v) is 3.73. The van der Waals surface area contributed by atoms with Gasteiger partial charge in [-0.3, -0.25) is 9.58 Å². The van der Waals surface area contributed by atoms with Gasteiger partial charge >= 0.3 is 0 Å². The van der Waals surface area contributed by atoms with Gasteiger partial charge < -0.3 is 5.73 Å². The quantitative estimate of drug-likeness (QED) is 0.946. The molecule has 0 saturated carbocycles. The van der Waals surface area contributed by atoms with Crippen LogP contribution in [0.3, 0.4) is 0 Å². The van der Waals surface area contributed by atoms with E-state index in [0.717, 1.165) is 26.1 Å². The molecule has 0 spiro atoms. The standard InChI is InChI=1S/C15H22N4.ClH/c1-15(2,16)11-18-8-7-13(10-18)19-14-6-4-3-5-12(14)9-17-19;/h3-6,9,13H,7-8,10-11,16H2,1-2H3;1H. The second-order valence-electron chi connectivity index (χ2n) is 6.31. The molecule has 1 saturated heterocycles. The molecule has 0 radical (unpaired) electrons. The van der Waals surface area contributed by atoms with E-state index in [-0.39, 0.29) is 17.9 Å². The van der Waals surface area contributed by atoms with E-state index in [2.05, 4.69) is 52.8 Å². The molecule has 0 aliphatic carbocycles. The first-order valence-corrected chi connectivity index (χ1v) is 6.96. The van der Waals surface area contributed by atoms with Gasteiger partial charge in [-0.1, -0.05) is 18.2 Å². The fraction of sp³-hybridized carbons (Fsp3) is 0.533. The van der Waals surface area contributed by atoms with Crippen molar-refractivity contribution in [3.05, 3.63) is 30.5 Å². The Hall–Kier alpha value is -1.10. The van der Waals surface area contributed by atoms with Crippen LogP contribution in [0.2, 0.25) is 0 Å². The molecule has 3 rings (SSSR count). The molecule has 0 amide bonds. The average molecular weight is 295 g/mol. The van der Waals surface area contributed by atoms with Crippen LogP contribution in [0, 0.1) is 0 Å². The maximum atomic E-state index is 6.11. The molecular weight excluding hydrogens is 272 g/mol. The van der Waals surface area contributed by atoms with Gasteiger partial charge in [0.2, 0.25) is 0 Å². The monoisotopic (exact) mass is 294 g/mol. The van der Waals surface area contributed by atoms with Crippen LogP contribution in [0.4, 0.5) is 0 Å². The number of likely N-dealkylation sites (tertiary alicyclic amines) is 1. The zero-order valence-corrected chi connectivity index (χ0v) is 12.9. The number of benzene rings is 1. The molecule has 110 valence electrons. The number of rotatable bonds is 3. The van der Waals surface area contributed by atoms with Gasteiger partial charge in [-0.15, -0.1) is 12.4 Å². The van der Waals surface area contributed by atoms with E-state index in [1.807, 2.05) is 6.20 Å². The van der Waals surface area contributed by atoms with E-state index >= 15 is 0 Å². The van der Waals surface area contributed by atoms with Crippen LogP contribution in [0.1, 0.15) is 26.3 Å². The second kappa shape index (κ2) is 5.72. The number of aromatic nitrogens is 2. The second-order valence-corrected chi connectivity index (χ2v) is 6.31. The molecule has 1 atom stereocenters. The minimum atomic E-state index is -0.124. The number of hydrogen-bond acceptors (Lipinski definition) is 3. The molecule has 1 fully saturated rings. The van der Waals surface area contributed by atoms with Crippen molar-refractivity contribution in [3.8, 4) is 0 Å². The fourth-order valence-corrected chi connectivity index (χ4v) is 3.01. The Balaban J connectivity index is 0.00000147. The summed E-state index contributed by atoms with van der Waals surface area (Å²) >= 11 is 0. The topological polar surface area (TPSA) is 47.1 Å². The van der Waals surface area contributed by atoms with Crippen molar-refractivity contribution in [3.63, 3.8) is 0 Å². The number of nitrogens with zero attached hydrogens (tertiary/aromatic N) is 3. The lowest BCUT2D eigenvalue weighted by atomic mass is 10.1. The molecular formula is C15H23ClN4. The third-order valence-electron chi connectivity index (χ3n) is 3.73. The van der Waals surface area contributed by atoms with E-state index in [9.17, 15) is 0 Å². The van der Waals surface area contributed by atoms with Crippen molar-refractivity contribution in [1.29, 1.82) is 0 Å². The van der Waals surface area contributed by atoms with E-state index in [1.54, 1.807) is 0 Å². The Labute approximate surface area is 126 Å². The molecule has 2 N–H and O–H groups in total. The van der Waals surface area contributed by atoms with Crippen molar-refractivity contribution in [2.75, 3.05) is 19.6 Å². The van der Waals surface area contributed by atoms with Gasteiger partial charge in [-0.05, 0) is 26.3 Å². The maximum Gasteiger partial charge on any atom is 0.0686 e. The minimum Gasteiger partial charge on any atom is -0.324 e. The van der Waals surface area contributed by atoms with Crippen LogP contribution in [-0.2, 0) is 0 Å². The summed E-state index contributed by atoms with van der Waals surface area (Å²) in [7, 11) is 0.